The zero-order valence-corrected chi connectivity index (χ0v) is 31.0. The fraction of sp³-hybridized carbons (Fsp3) is 0. The summed E-state index contributed by atoms with van der Waals surface area (Å²) in [5.41, 5.74) is 15.5. The van der Waals surface area contributed by atoms with Crippen molar-refractivity contribution in [3.05, 3.63) is 212 Å². The molecule has 0 N–H and O–H groups in total. The van der Waals surface area contributed by atoms with Crippen LogP contribution in [0.1, 0.15) is 0 Å². The van der Waals surface area contributed by atoms with Crippen molar-refractivity contribution < 1.29 is 0 Å². The van der Waals surface area contributed by atoms with Gasteiger partial charge in [-0.2, -0.15) is 0 Å². The lowest BCUT2D eigenvalue weighted by Crippen LogP contribution is -1.97. The number of aromatic nitrogens is 3. The predicted octanol–water partition coefficient (Wildman–Crippen LogP) is 14.3. The Morgan fingerprint density at radius 2 is 0.544 bits per heavy atom. The van der Waals surface area contributed by atoms with Gasteiger partial charge in [-0.3, -0.25) is 0 Å². The summed E-state index contributed by atoms with van der Waals surface area (Å²) in [5.74, 6) is 0. The molecule has 3 heterocycles. The van der Waals surface area contributed by atoms with Crippen LogP contribution in [0.3, 0.4) is 0 Å². The minimum atomic E-state index is 1.14. The number of rotatable bonds is 5. The third-order valence-corrected chi connectivity index (χ3v) is 11.8. The summed E-state index contributed by atoms with van der Waals surface area (Å²) in [6.45, 7) is 0. The molecule has 12 aromatic rings. The molecular weight excluding hydrogens is 691 g/mol. The number of benzene rings is 9. The normalized spacial score (nSPS) is 11.9. The zero-order valence-electron chi connectivity index (χ0n) is 31.0. The van der Waals surface area contributed by atoms with Crippen molar-refractivity contribution in [3.63, 3.8) is 0 Å². The van der Waals surface area contributed by atoms with Crippen LogP contribution in [0.4, 0.5) is 0 Å². The molecule has 0 aliphatic carbocycles. The maximum Gasteiger partial charge on any atom is 0.0561 e. The van der Waals surface area contributed by atoms with Gasteiger partial charge in [0.2, 0.25) is 0 Å². The molecule has 0 spiro atoms. The fourth-order valence-electron chi connectivity index (χ4n) is 9.28. The maximum atomic E-state index is 2.42. The Bertz CT molecular complexity index is 3410. The highest BCUT2D eigenvalue weighted by atomic mass is 15.0. The molecule has 0 fully saturated rings. The highest BCUT2D eigenvalue weighted by Gasteiger charge is 2.17. The fourth-order valence-corrected chi connectivity index (χ4v) is 9.28. The molecule has 0 aliphatic heterocycles. The highest BCUT2D eigenvalue weighted by Crippen LogP contribution is 2.38. The summed E-state index contributed by atoms with van der Waals surface area (Å²) < 4.78 is 7.21. The van der Waals surface area contributed by atoms with Gasteiger partial charge in [0.05, 0.1) is 33.1 Å². The Labute approximate surface area is 329 Å². The van der Waals surface area contributed by atoms with Gasteiger partial charge in [-0.15, -0.1) is 0 Å². The van der Waals surface area contributed by atoms with Gasteiger partial charge >= 0.3 is 0 Å². The van der Waals surface area contributed by atoms with Crippen LogP contribution in [0.5, 0.6) is 0 Å². The second-order valence-electron chi connectivity index (χ2n) is 15.0. The molecule has 57 heavy (non-hydrogen) atoms. The molecule has 3 heteroatoms. The molecule has 3 aromatic heterocycles. The number of para-hydroxylation sites is 5. The van der Waals surface area contributed by atoms with E-state index >= 15 is 0 Å². The first-order valence-electron chi connectivity index (χ1n) is 19.6. The third kappa shape index (κ3) is 4.86. The average molecular weight is 726 g/mol. The highest BCUT2D eigenvalue weighted by molar-refractivity contribution is 6.12. The van der Waals surface area contributed by atoms with E-state index in [2.05, 4.69) is 226 Å². The van der Waals surface area contributed by atoms with Crippen LogP contribution in [-0.4, -0.2) is 13.7 Å². The molecule has 3 nitrogen and oxygen atoms in total. The van der Waals surface area contributed by atoms with Crippen LogP contribution in [0, 0.1) is 0 Å². The average Bonchev–Trinajstić information content (AvgIpc) is 3.92. The standard InChI is InChI=1S/C54H35N3/c1-7-23-50-43(17-1)44-18-2-8-24-51(44)56(50)41-16-12-15-39(34-41)38-14-11-13-37(33-38)36-27-29-40(30-28-36)55-49-22-6-5-21-47(49)48-32-31-42(35-54(48)55)57-52-25-9-3-19-45(52)46-20-4-10-26-53(46)57/h1-35H. The summed E-state index contributed by atoms with van der Waals surface area (Å²) >= 11 is 0. The number of nitrogens with zero attached hydrogens (tertiary/aromatic N) is 3. The molecule has 0 radical (unpaired) electrons. The molecule has 12 rings (SSSR count). The first kappa shape index (κ1) is 31.7. The van der Waals surface area contributed by atoms with Gasteiger partial charge < -0.3 is 13.7 Å². The van der Waals surface area contributed by atoms with Gasteiger partial charge in [0.15, 0.2) is 0 Å². The smallest absolute Gasteiger partial charge is 0.0561 e. The van der Waals surface area contributed by atoms with Crippen molar-refractivity contribution >= 4 is 65.4 Å². The Kier molecular flexibility index (Phi) is 6.93. The number of hydrogen-bond acceptors (Lipinski definition) is 0. The van der Waals surface area contributed by atoms with E-state index in [4.69, 9.17) is 0 Å². The Morgan fingerprint density at radius 3 is 1.04 bits per heavy atom. The molecule has 266 valence electrons. The molecule has 0 bridgehead atoms. The first-order valence-corrected chi connectivity index (χ1v) is 19.6. The summed E-state index contributed by atoms with van der Waals surface area (Å²) in [6, 6.07) is 77.4. The van der Waals surface area contributed by atoms with Crippen LogP contribution in [-0.2, 0) is 0 Å². The van der Waals surface area contributed by atoms with Crippen molar-refractivity contribution in [2.75, 3.05) is 0 Å². The minimum Gasteiger partial charge on any atom is -0.309 e. The molecule has 0 atom stereocenters. The van der Waals surface area contributed by atoms with Crippen LogP contribution >= 0.6 is 0 Å². The zero-order chi connectivity index (χ0) is 37.5. The van der Waals surface area contributed by atoms with Gasteiger partial charge in [-0.05, 0) is 95.1 Å². The van der Waals surface area contributed by atoms with Crippen LogP contribution < -0.4 is 0 Å². The van der Waals surface area contributed by atoms with Crippen LogP contribution in [0.2, 0.25) is 0 Å². The van der Waals surface area contributed by atoms with E-state index in [0.717, 1.165) is 17.1 Å². The summed E-state index contributed by atoms with van der Waals surface area (Å²) in [6.07, 6.45) is 0. The van der Waals surface area contributed by atoms with Crippen molar-refractivity contribution in [2.24, 2.45) is 0 Å². The van der Waals surface area contributed by atoms with E-state index < -0.39 is 0 Å². The quantitative estimate of drug-likeness (QED) is 0.168. The number of fused-ring (bicyclic) bond motifs is 9. The van der Waals surface area contributed by atoms with Gasteiger partial charge in [-0.1, -0.05) is 140 Å². The van der Waals surface area contributed by atoms with Crippen molar-refractivity contribution in [3.8, 4) is 39.3 Å². The Morgan fingerprint density at radius 1 is 0.193 bits per heavy atom. The van der Waals surface area contributed by atoms with Crippen molar-refractivity contribution in [1.29, 1.82) is 0 Å². The van der Waals surface area contributed by atoms with Crippen molar-refractivity contribution in [1.82, 2.24) is 13.7 Å². The summed E-state index contributed by atoms with van der Waals surface area (Å²) in [4.78, 5) is 0. The minimum absolute atomic E-state index is 1.14. The van der Waals surface area contributed by atoms with Gasteiger partial charge in [0, 0.05) is 49.4 Å². The van der Waals surface area contributed by atoms with E-state index in [1.807, 2.05) is 0 Å². The molecule has 0 unspecified atom stereocenters. The molecule has 0 aliphatic rings. The second-order valence-corrected chi connectivity index (χ2v) is 15.0. The first-order chi connectivity index (χ1) is 28.3. The molecule has 0 saturated heterocycles. The van der Waals surface area contributed by atoms with E-state index in [-0.39, 0.29) is 0 Å². The predicted molar refractivity (Wildman–Crippen MR) is 240 cm³/mol. The lowest BCUT2D eigenvalue weighted by molar-refractivity contribution is 1.15. The summed E-state index contributed by atoms with van der Waals surface area (Å²) in [5, 5.41) is 7.58. The molecular formula is C54H35N3. The topological polar surface area (TPSA) is 14.8 Å². The van der Waals surface area contributed by atoms with E-state index in [1.165, 1.54) is 87.7 Å². The van der Waals surface area contributed by atoms with Crippen LogP contribution in [0.15, 0.2) is 212 Å². The largest absolute Gasteiger partial charge is 0.309 e. The molecule has 0 saturated carbocycles. The van der Waals surface area contributed by atoms with Crippen molar-refractivity contribution in [2.45, 2.75) is 0 Å². The van der Waals surface area contributed by atoms with E-state index in [1.54, 1.807) is 0 Å². The van der Waals surface area contributed by atoms with Gasteiger partial charge in [-0.25, -0.2) is 0 Å². The second kappa shape index (κ2) is 12.5. The van der Waals surface area contributed by atoms with E-state index in [9.17, 15) is 0 Å². The van der Waals surface area contributed by atoms with Gasteiger partial charge in [0.1, 0.15) is 0 Å². The van der Waals surface area contributed by atoms with Gasteiger partial charge in [0.25, 0.3) is 0 Å². The molecule has 9 aromatic carbocycles. The lowest BCUT2D eigenvalue weighted by atomic mass is 9.98. The summed E-state index contributed by atoms with van der Waals surface area (Å²) in [7, 11) is 0. The Balaban J connectivity index is 0.943. The molecule has 0 amide bonds. The monoisotopic (exact) mass is 725 g/mol. The lowest BCUT2D eigenvalue weighted by Gasteiger charge is -2.13. The third-order valence-electron chi connectivity index (χ3n) is 11.8. The SMILES string of the molecule is c1cc(-c2ccc(-n3c4ccccc4c4ccc(-n5c6ccccc6c6ccccc65)cc43)cc2)cc(-c2cccc(-n3c4ccccc4c4ccccc43)c2)c1. The van der Waals surface area contributed by atoms with E-state index in [0.29, 0.717) is 0 Å². The maximum absolute atomic E-state index is 2.42. The number of hydrogen-bond donors (Lipinski definition) is 0. The van der Waals surface area contributed by atoms with Crippen LogP contribution in [0.25, 0.3) is 105 Å². The Hall–Kier alpha value is -7.62.